The Balaban J connectivity index is 0.000000774. The fourth-order valence-corrected chi connectivity index (χ4v) is 2.45. The molecule has 1 fully saturated rings. The molecule has 3 rings (SSSR count). The summed E-state index contributed by atoms with van der Waals surface area (Å²) in [5.74, 6) is 0. The van der Waals surface area contributed by atoms with E-state index in [1.165, 1.54) is 17.5 Å². The summed E-state index contributed by atoms with van der Waals surface area (Å²) < 4.78 is 0. The summed E-state index contributed by atoms with van der Waals surface area (Å²) >= 11 is 4.64. The average molecular weight is 307 g/mol. The Labute approximate surface area is 131 Å². The van der Waals surface area contributed by atoms with Gasteiger partial charge in [0.05, 0.1) is 12.2 Å². The molecule has 0 atom stereocenters. The van der Waals surface area contributed by atoms with Crippen molar-refractivity contribution in [1.29, 1.82) is 0 Å². The van der Waals surface area contributed by atoms with Crippen LogP contribution in [0.5, 0.6) is 0 Å². The molecule has 1 N–H and O–H groups in total. The summed E-state index contributed by atoms with van der Waals surface area (Å²) in [4.78, 5) is 9.21. The Morgan fingerprint density at radius 2 is 1.81 bits per heavy atom. The first kappa shape index (κ1) is 16.0. The Bertz CT molecular complexity index is 547. The average Bonchev–Trinajstić information content (AvgIpc) is 2.56. The number of aromatic nitrogens is 1. The minimum Gasteiger partial charge on any atom is -0.372 e. The van der Waals surface area contributed by atoms with E-state index < -0.39 is 0 Å². The van der Waals surface area contributed by atoms with E-state index in [1.807, 2.05) is 12.3 Å². The predicted octanol–water partition coefficient (Wildman–Crippen LogP) is 2.71. The number of nitrogens with one attached hydrogen (secondary N) is 1. The molecule has 0 saturated carbocycles. The number of nitrogens with zero attached hydrogens (tertiary/aromatic N) is 3. The molecule has 0 radical (unpaired) electrons. The van der Waals surface area contributed by atoms with Crippen molar-refractivity contribution >= 4 is 28.2 Å². The Morgan fingerprint density at radius 1 is 1.10 bits per heavy atom. The van der Waals surface area contributed by atoms with E-state index in [0.717, 1.165) is 38.4 Å². The molecule has 5 heteroatoms. The van der Waals surface area contributed by atoms with Gasteiger partial charge in [-0.25, -0.2) is 0 Å². The van der Waals surface area contributed by atoms with Gasteiger partial charge in [-0.1, -0.05) is 18.2 Å². The van der Waals surface area contributed by atoms with Crippen LogP contribution in [0.4, 0.5) is 5.69 Å². The molecule has 0 amide bonds. The van der Waals surface area contributed by atoms with E-state index in [4.69, 9.17) is 0 Å². The zero-order valence-electron chi connectivity index (χ0n) is 12.7. The van der Waals surface area contributed by atoms with Crippen LogP contribution >= 0.6 is 11.6 Å². The number of hydrogen-bond acceptors (Lipinski definition) is 4. The topological polar surface area (TPSA) is 31.4 Å². The van der Waals surface area contributed by atoms with Crippen molar-refractivity contribution in [3.8, 4) is 0 Å². The van der Waals surface area contributed by atoms with Gasteiger partial charge < -0.3 is 10.2 Å². The molecule has 21 heavy (non-hydrogen) atoms. The number of para-hydroxylation sites is 1. The van der Waals surface area contributed by atoms with Crippen molar-refractivity contribution in [2.24, 2.45) is 0 Å². The maximum absolute atomic E-state index is 4.64. The number of rotatable bonds is 3. The number of halogens is 1. The third kappa shape index (κ3) is 4.30. The zero-order valence-corrected chi connectivity index (χ0v) is 13.5. The van der Waals surface area contributed by atoms with E-state index in [1.54, 1.807) is 0 Å². The molecule has 0 aliphatic carbocycles. The molecule has 0 spiro atoms. The fraction of sp³-hybridized carbons (Fsp3) is 0.438. The van der Waals surface area contributed by atoms with Crippen molar-refractivity contribution in [3.63, 3.8) is 0 Å². The van der Waals surface area contributed by atoms with E-state index in [0.29, 0.717) is 0 Å². The van der Waals surface area contributed by atoms with Crippen molar-refractivity contribution in [2.45, 2.75) is 0 Å². The lowest BCUT2D eigenvalue weighted by atomic mass is 10.2. The molecule has 0 bridgehead atoms. The largest absolute Gasteiger partial charge is 0.372 e. The lowest BCUT2D eigenvalue weighted by Crippen LogP contribution is -2.46. The maximum Gasteiger partial charge on any atom is 0.0722 e. The summed E-state index contributed by atoms with van der Waals surface area (Å²) in [6.45, 7) is 5.47. The highest BCUT2D eigenvalue weighted by Gasteiger charge is 2.13. The van der Waals surface area contributed by atoms with Crippen LogP contribution in [0.1, 0.15) is 0 Å². The third-order valence-electron chi connectivity index (χ3n) is 3.74. The molecule has 1 aromatic carbocycles. The van der Waals surface area contributed by atoms with Gasteiger partial charge in [0, 0.05) is 49.8 Å². The molecular formula is C16H23ClN4. The number of fused-ring (bicyclic) bond motifs is 1. The Kier molecular flexibility index (Phi) is 6.23. The smallest absolute Gasteiger partial charge is 0.0722 e. The minimum absolute atomic E-state index is 0.905. The van der Waals surface area contributed by atoms with E-state index in [-0.39, 0.29) is 0 Å². The highest BCUT2D eigenvalue weighted by Crippen LogP contribution is 2.20. The quantitative estimate of drug-likeness (QED) is 0.884. The highest BCUT2D eigenvalue weighted by molar-refractivity contribution is 6.15. The number of alkyl halides is 1. The summed E-state index contributed by atoms with van der Waals surface area (Å²) in [6, 6.07) is 10.3. The molecule has 2 aromatic rings. The summed E-state index contributed by atoms with van der Waals surface area (Å²) in [5.41, 5.74) is 2.22. The van der Waals surface area contributed by atoms with E-state index in [2.05, 4.69) is 63.0 Å². The van der Waals surface area contributed by atoms with Gasteiger partial charge in [0.15, 0.2) is 0 Å². The molecule has 4 nitrogen and oxygen atoms in total. The second-order valence-electron chi connectivity index (χ2n) is 5.13. The molecule has 2 heterocycles. The van der Waals surface area contributed by atoms with Gasteiger partial charge in [0.1, 0.15) is 0 Å². The summed E-state index contributed by atoms with van der Waals surface area (Å²) in [5, 5.41) is 4.73. The van der Waals surface area contributed by atoms with Crippen LogP contribution in [0.2, 0.25) is 0 Å². The second-order valence-corrected chi connectivity index (χ2v) is 5.13. The van der Waals surface area contributed by atoms with Crippen molar-refractivity contribution in [2.75, 3.05) is 51.6 Å². The first-order valence-electron chi connectivity index (χ1n) is 7.19. The number of piperazine rings is 1. The second kappa shape index (κ2) is 8.17. The van der Waals surface area contributed by atoms with Crippen LogP contribution in [-0.2, 0) is 0 Å². The van der Waals surface area contributed by atoms with Gasteiger partial charge in [0.25, 0.3) is 0 Å². The van der Waals surface area contributed by atoms with Crippen LogP contribution < -0.4 is 5.32 Å². The van der Waals surface area contributed by atoms with Gasteiger partial charge in [-0.3, -0.25) is 9.88 Å². The molecule has 1 aliphatic heterocycles. The molecule has 1 aliphatic rings. The zero-order chi connectivity index (χ0) is 15.1. The SMILES string of the molecule is CCl.CN1CCN(CNc2ccnc3ccccc23)CC1. The molecule has 114 valence electrons. The monoisotopic (exact) mass is 306 g/mol. The Morgan fingerprint density at radius 3 is 2.57 bits per heavy atom. The van der Waals surface area contributed by atoms with Gasteiger partial charge >= 0.3 is 0 Å². The van der Waals surface area contributed by atoms with Crippen LogP contribution in [0.3, 0.4) is 0 Å². The minimum atomic E-state index is 0.905. The Hall–Kier alpha value is -1.36. The van der Waals surface area contributed by atoms with Crippen LogP contribution in [0.15, 0.2) is 36.5 Å². The van der Waals surface area contributed by atoms with Crippen LogP contribution in [-0.4, -0.2) is 61.1 Å². The first-order chi connectivity index (χ1) is 10.3. The number of benzene rings is 1. The third-order valence-corrected chi connectivity index (χ3v) is 3.74. The van der Waals surface area contributed by atoms with Gasteiger partial charge in [-0.05, 0) is 19.2 Å². The fourth-order valence-electron chi connectivity index (χ4n) is 2.45. The van der Waals surface area contributed by atoms with Crippen LogP contribution in [0.25, 0.3) is 10.9 Å². The maximum atomic E-state index is 4.64. The standard InChI is InChI=1S/C15H20N4.CH3Cl/c1-18-8-10-19(11-9-18)12-17-15-6-7-16-14-5-3-2-4-13(14)15;1-2/h2-7H,8-12H2,1H3,(H,16,17);1H3. The molecule has 1 saturated heterocycles. The molecule has 0 unspecified atom stereocenters. The van der Waals surface area contributed by atoms with E-state index >= 15 is 0 Å². The summed E-state index contributed by atoms with van der Waals surface area (Å²) in [6.07, 6.45) is 3.34. The number of pyridine rings is 1. The summed E-state index contributed by atoms with van der Waals surface area (Å²) in [7, 11) is 2.18. The van der Waals surface area contributed by atoms with Crippen LogP contribution in [0, 0.1) is 0 Å². The van der Waals surface area contributed by atoms with Gasteiger partial charge in [-0.15, -0.1) is 11.6 Å². The molecular weight excluding hydrogens is 284 g/mol. The first-order valence-corrected chi connectivity index (χ1v) is 7.95. The van der Waals surface area contributed by atoms with Crippen molar-refractivity contribution in [1.82, 2.24) is 14.8 Å². The lowest BCUT2D eigenvalue weighted by molar-refractivity contribution is 0.162. The number of likely N-dealkylation sites (N-methyl/N-ethyl adjacent to an activating group) is 1. The normalized spacial score (nSPS) is 16.3. The highest BCUT2D eigenvalue weighted by atomic mass is 35.5. The van der Waals surface area contributed by atoms with E-state index in [9.17, 15) is 0 Å². The lowest BCUT2D eigenvalue weighted by Gasteiger charge is -2.32. The molecule has 1 aromatic heterocycles. The predicted molar refractivity (Wildman–Crippen MR) is 91.1 cm³/mol. The number of anilines is 1. The van der Waals surface area contributed by atoms with Crippen molar-refractivity contribution < 1.29 is 0 Å². The van der Waals surface area contributed by atoms with Gasteiger partial charge in [0.2, 0.25) is 0 Å². The van der Waals surface area contributed by atoms with Crippen molar-refractivity contribution in [3.05, 3.63) is 36.5 Å². The number of hydrogen-bond donors (Lipinski definition) is 1. The van der Waals surface area contributed by atoms with Gasteiger partial charge in [-0.2, -0.15) is 0 Å².